The van der Waals surface area contributed by atoms with Crippen LogP contribution in [0.3, 0.4) is 0 Å². The van der Waals surface area contributed by atoms with Gasteiger partial charge in [0.25, 0.3) is 52.1 Å². The number of hydrogen-bond donors (Lipinski definition) is 1. The minimum absolute atomic E-state index is 0.0168. The highest BCUT2D eigenvalue weighted by atomic mass is 79.9. The van der Waals surface area contributed by atoms with Gasteiger partial charge in [-0.2, -0.15) is 15.3 Å². The number of H-pyrrole nitrogens is 1. The van der Waals surface area contributed by atoms with Crippen LogP contribution in [0, 0.1) is 0 Å². The second-order valence-electron chi connectivity index (χ2n) is 19.3. The van der Waals surface area contributed by atoms with Crippen LogP contribution in [0.5, 0.6) is 0 Å². The fourth-order valence-corrected chi connectivity index (χ4v) is 9.96. The Balaban J connectivity index is 0.000000142. The standard InChI is InChI=1S/2C20H17FN4O3.C12H9BrFNO2.C8H9N3O/c1-2-23-8-7-17-16(18(23)26)10-22-25(17)12-13(9-21)11-24-19(27)14-5-3-4-6-15(14)20(24)28;1-2-23-8-7-17-16(18(23)26)12-24(22-17)10-13(9-21)11-25-19(27)14-5-3-4-6-15(14)20(25)28;13-5-8(6-14)7-15-11(16)9-3-1-2-4-10(9)12(15)17;1-2-11-4-3-7-6(8(11)12)5-9-10-7/h3-10H,2,11-12H2,1H3;3-9,12H,2,10-11H2,1H3;1-4,6H,5,7H2;3-5H,2H2,1H3,(H,9,10)/b13-9+;13-9-;8-6-;. The molecule has 0 unspecified atom stereocenters. The maximum atomic E-state index is 13.6. The van der Waals surface area contributed by atoms with Crippen LogP contribution >= 0.6 is 15.9 Å². The van der Waals surface area contributed by atoms with Crippen LogP contribution in [0.4, 0.5) is 13.2 Å². The van der Waals surface area contributed by atoms with Gasteiger partial charge >= 0.3 is 0 Å². The number of carbonyl (C=O) groups is 6. The third-order valence-corrected chi connectivity index (χ3v) is 14.9. The van der Waals surface area contributed by atoms with E-state index >= 15 is 0 Å². The van der Waals surface area contributed by atoms with Crippen molar-refractivity contribution >= 4 is 84.1 Å². The fourth-order valence-electron chi connectivity index (χ4n) is 9.66. The van der Waals surface area contributed by atoms with Gasteiger partial charge < -0.3 is 13.7 Å². The van der Waals surface area contributed by atoms with Crippen LogP contribution in [0.2, 0.25) is 0 Å². The van der Waals surface area contributed by atoms with E-state index in [0.717, 1.165) is 20.2 Å². The van der Waals surface area contributed by atoms with Gasteiger partial charge in [-0.05, 0) is 92.1 Å². The quantitative estimate of drug-likeness (QED) is 0.0804. The van der Waals surface area contributed by atoms with Gasteiger partial charge in [0.1, 0.15) is 0 Å². The first-order chi connectivity index (χ1) is 41.1. The highest BCUT2D eigenvalue weighted by Crippen LogP contribution is 2.27. The number of halogens is 4. The Kier molecular flexibility index (Phi) is 18.2. The van der Waals surface area contributed by atoms with E-state index in [4.69, 9.17) is 0 Å². The molecule has 0 radical (unpaired) electrons. The van der Waals surface area contributed by atoms with Crippen molar-refractivity contribution < 1.29 is 41.9 Å². The molecule has 0 atom stereocenters. The zero-order valence-corrected chi connectivity index (χ0v) is 47.4. The number of alkyl halides is 1. The van der Waals surface area contributed by atoms with Crippen molar-refractivity contribution in [3.8, 4) is 0 Å². The van der Waals surface area contributed by atoms with Gasteiger partial charge in [0, 0.05) is 49.8 Å². The van der Waals surface area contributed by atoms with Crippen molar-refractivity contribution in [2.24, 2.45) is 0 Å². The third kappa shape index (κ3) is 11.9. The number of aryl methyl sites for hydroxylation is 3. The van der Waals surface area contributed by atoms with Crippen molar-refractivity contribution in [1.29, 1.82) is 0 Å². The monoisotopic (exact) mass is 1220 g/mol. The molecule has 12 rings (SSSR count). The van der Waals surface area contributed by atoms with E-state index in [9.17, 15) is 56.3 Å². The SMILES string of the molecule is CCn1ccc2[nH]ncc2c1=O.CCn1ccc2c(cnn2C/C(=C/F)CN2C(=O)c3ccccc3C2=O)c1=O.CCn1ccc2nn(C/C(=C/F)CN3C(=O)c4ccccc4C3=O)cc2c1=O.O=C1c2ccccc2C(=O)N1C/C(=C\F)CBr. The molecule has 0 spiro atoms. The van der Waals surface area contributed by atoms with Gasteiger partial charge in [0.2, 0.25) is 0 Å². The zero-order chi connectivity index (χ0) is 60.6. The summed E-state index contributed by atoms with van der Waals surface area (Å²) < 4.78 is 47.2. The van der Waals surface area contributed by atoms with Crippen LogP contribution in [0.1, 0.15) is 82.9 Å². The molecule has 9 heterocycles. The van der Waals surface area contributed by atoms with Gasteiger partial charge in [0.05, 0.1) is 130 Å². The molecule has 0 bridgehead atoms. The number of hydrogen-bond acceptors (Lipinski definition) is 12. The Morgan fingerprint density at radius 1 is 0.482 bits per heavy atom. The number of pyridine rings is 3. The molecule has 6 aromatic heterocycles. The smallest absolute Gasteiger partial charge is 0.261 e. The molecule has 6 amide bonds. The van der Waals surface area contributed by atoms with Gasteiger partial charge in [-0.3, -0.25) is 72.3 Å². The predicted octanol–water partition coefficient (Wildman–Crippen LogP) is 8.01. The average molecular weight is 1220 g/mol. The molecule has 0 saturated carbocycles. The molecule has 3 aliphatic heterocycles. The van der Waals surface area contributed by atoms with E-state index in [2.05, 4.69) is 36.3 Å². The van der Waals surface area contributed by atoms with Crippen molar-refractivity contribution in [2.45, 2.75) is 53.5 Å². The van der Waals surface area contributed by atoms with Crippen LogP contribution < -0.4 is 16.7 Å². The summed E-state index contributed by atoms with van der Waals surface area (Å²) in [7, 11) is 0. The normalized spacial score (nSPS) is 14.0. The Bertz CT molecular complexity index is 4290. The van der Waals surface area contributed by atoms with E-state index in [1.807, 2.05) is 26.8 Å². The van der Waals surface area contributed by atoms with Crippen molar-refractivity contribution in [1.82, 2.24) is 58.2 Å². The number of carbonyl (C=O) groups excluding carboxylic acids is 6. The van der Waals surface area contributed by atoms with E-state index in [1.54, 1.807) is 130 Å². The number of imide groups is 3. The molecule has 1 N–H and O–H groups in total. The van der Waals surface area contributed by atoms with Crippen molar-refractivity contribution in [3.63, 3.8) is 0 Å². The number of nitrogens with one attached hydrogen (secondary N) is 1. The van der Waals surface area contributed by atoms with E-state index in [-0.39, 0.29) is 77.7 Å². The molecule has 3 aliphatic rings. The van der Waals surface area contributed by atoms with Crippen LogP contribution in [-0.4, -0.2) is 119 Å². The fraction of sp³-hybridized carbons (Fsp3) is 0.200. The lowest BCUT2D eigenvalue weighted by atomic mass is 10.1. The molecular formula is C60H52BrF3N12O9. The second kappa shape index (κ2) is 26.0. The highest BCUT2D eigenvalue weighted by Gasteiger charge is 2.38. The summed E-state index contributed by atoms with van der Waals surface area (Å²) in [5.41, 5.74) is 4.30. The number of aromatic amines is 1. The summed E-state index contributed by atoms with van der Waals surface area (Å²) >= 11 is 3.10. The maximum absolute atomic E-state index is 13.6. The first kappa shape index (κ1) is 59.5. The van der Waals surface area contributed by atoms with Gasteiger partial charge in [0.15, 0.2) is 0 Å². The lowest BCUT2D eigenvalue weighted by molar-refractivity contribution is 0.0650. The van der Waals surface area contributed by atoms with Gasteiger partial charge in [-0.15, -0.1) is 0 Å². The summed E-state index contributed by atoms with van der Waals surface area (Å²) in [6.45, 7) is 7.08. The van der Waals surface area contributed by atoms with Crippen LogP contribution in [0.15, 0.2) is 178 Å². The average Bonchev–Trinajstić information content (AvgIpc) is 4.13. The molecule has 9 aromatic rings. The lowest BCUT2D eigenvalue weighted by Crippen LogP contribution is -2.32. The number of benzene rings is 3. The van der Waals surface area contributed by atoms with Gasteiger partial charge in [-0.1, -0.05) is 52.3 Å². The van der Waals surface area contributed by atoms with Crippen molar-refractivity contribution in [2.75, 3.05) is 25.0 Å². The number of aromatic nitrogens is 9. The molecule has 0 aliphatic carbocycles. The Morgan fingerprint density at radius 3 is 1.32 bits per heavy atom. The Labute approximate surface area is 488 Å². The van der Waals surface area contributed by atoms with E-state index in [0.29, 0.717) is 105 Å². The maximum Gasteiger partial charge on any atom is 0.261 e. The second-order valence-corrected chi connectivity index (χ2v) is 19.9. The summed E-state index contributed by atoms with van der Waals surface area (Å²) in [6.07, 6.45) is 10.8. The summed E-state index contributed by atoms with van der Waals surface area (Å²) in [6, 6.07) is 24.9. The lowest BCUT2D eigenvalue weighted by Gasteiger charge is -2.16. The topological polar surface area (TPSA) is 242 Å². The molecule has 25 heteroatoms. The summed E-state index contributed by atoms with van der Waals surface area (Å²) in [5.74, 6) is -2.53. The first-order valence-electron chi connectivity index (χ1n) is 26.5. The highest BCUT2D eigenvalue weighted by molar-refractivity contribution is 9.09. The molecule has 21 nitrogen and oxygen atoms in total. The number of rotatable bonds is 14. The Hall–Kier alpha value is -10.2. The molecule has 434 valence electrons. The molecule has 3 aromatic carbocycles. The predicted molar refractivity (Wildman–Crippen MR) is 312 cm³/mol. The minimum atomic E-state index is -0.448. The van der Waals surface area contributed by atoms with Crippen LogP contribution in [0.25, 0.3) is 32.7 Å². The number of nitrogens with zero attached hydrogens (tertiary/aromatic N) is 11. The summed E-state index contributed by atoms with van der Waals surface area (Å²) in [4.78, 5) is 113. The number of fused-ring (bicyclic) bond motifs is 6. The van der Waals surface area contributed by atoms with Gasteiger partial charge in [-0.25, -0.2) is 13.2 Å². The molecule has 0 saturated heterocycles. The molecular weight excluding hydrogens is 1170 g/mol. The molecule has 85 heavy (non-hydrogen) atoms. The van der Waals surface area contributed by atoms with Crippen molar-refractivity contribution in [3.05, 3.63) is 228 Å². The largest absolute Gasteiger partial charge is 0.315 e. The van der Waals surface area contributed by atoms with Crippen LogP contribution in [-0.2, 0) is 32.7 Å². The Morgan fingerprint density at radius 2 is 0.882 bits per heavy atom. The summed E-state index contributed by atoms with van der Waals surface area (Å²) in [5, 5.41) is 16.8. The van der Waals surface area contributed by atoms with E-state index in [1.165, 1.54) is 15.6 Å². The third-order valence-electron chi connectivity index (χ3n) is 14.2. The number of amides is 6. The minimum Gasteiger partial charge on any atom is -0.315 e. The zero-order valence-electron chi connectivity index (χ0n) is 45.8. The molecule has 0 fully saturated rings. The first-order valence-corrected chi connectivity index (χ1v) is 27.6. The van der Waals surface area contributed by atoms with E-state index < -0.39 is 23.6 Å².